The maximum atomic E-state index is 12.9. The van der Waals surface area contributed by atoms with Gasteiger partial charge < -0.3 is 24.4 Å². The topological polar surface area (TPSA) is 63.3 Å². The molecule has 2 atom stereocenters. The number of fused-ring (bicyclic) bond motifs is 1. The van der Waals surface area contributed by atoms with E-state index in [1.807, 2.05) is 41.3 Å². The SMILES string of the molecule is Cl.Cl.O=C(CN1C[C@@H](c2ccccc2)O[C@@H](c2ccc3c(c2)OCO3)C1)N1CCNCC1. The van der Waals surface area contributed by atoms with Crippen LogP contribution in [0.2, 0.25) is 0 Å². The first kappa shape index (κ1) is 24.6. The van der Waals surface area contributed by atoms with E-state index in [9.17, 15) is 4.79 Å². The van der Waals surface area contributed by atoms with Gasteiger partial charge in [-0.3, -0.25) is 9.69 Å². The number of hydrogen-bond acceptors (Lipinski definition) is 6. The molecule has 0 aromatic heterocycles. The average Bonchev–Trinajstić information content (AvgIpc) is 3.28. The van der Waals surface area contributed by atoms with Crippen molar-refractivity contribution in [3.8, 4) is 11.5 Å². The highest BCUT2D eigenvalue weighted by atomic mass is 35.5. The van der Waals surface area contributed by atoms with Crippen LogP contribution < -0.4 is 14.8 Å². The summed E-state index contributed by atoms with van der Waals surface area (Å²) in [7, 11) is 0. The zero-order valence-electron chi connectivity index (χ0n) is 17.8. The number of carbonyl (C=O) groups is 1. The van der Waals surface area contributed by atoms with Crippen LogP contribution in [0.25, 0.3) is 0 Å². The monoisotopic (exact) mass is 481 g/mol. The Morgan fingerprint density at radius 1 is 0.906 bits per heavy atom. The third-order valence-corrected chi connectivity index (χ3v) is 5.94. The molecule has 0 radical (unpaired) electrons. The predicted octanol–water partition coefficient (Wildman–Crippen LogP) is 2.81. The number of hydrogen-bond donors (Lipinski definition) is 1. The molecule has 2 fully saturated rings. The van der Waals surface area contributed by atoms with Gasteiger partial charge in [0, 0.05) is 39.3 Å². The lowest BCUT2D eigenvalue weighted by Gasteiger charge is -2.39. The van der Waals surface area contributed by atoms with Gasteiger partial charge in [-0.1, -0.05) is 36.4 Å². The molecule has 32 heavy (non-hydrogen) atoms. The highest BCUT2D eigenvalue weighted by Gasteiger charge is 2.32. The fourth-order valence-electron chi connectivity index (χ4n) is 4.31. The summed E-state index contributed by atoms with van der Waals surface area (Å²) in [6.45, 7) is 5.30. The fraction of sp³-hybridized carbons (Fsp3) is 0.435. The van der Waals surface area contributed by atoms with Crippen molar-refractivity contribution in [3.05, 3.63) is 59.7 Å². The Labute approximate surface area is 200 Å². The highest BCUT2D eigenvalue weighted by Crippen LogP contribution is 2.38. The lowest BCUT2D eigenvalue weighted by atomic mass is 10.0. The van der Waals surface area contributed by atoms with Crippen LogP contribution in [0.3, 0.4) is 0 Å². The lowest BCUT2D eigenvalue weighted by Crippen LogP contribution is -2.51. The van der Waals surface area contributed by atoms with Crippen LogP contribution in [0.5, 0.6) is 11.5 Å². The minimum absolute atomic E-state index is 0. The van der Waals surface area contributed by atoms with Crippen molar-refractivity contribution in [3.63, 3.8) is 0 Å². The third-order valence-electron chi connectivity index (χ3n) is 5.94. The van der Waals surface area contributed by atoms with E-state index in [1.54, 1.807) is 0 Å². The Morgan fingerprint density at radius 2 is 1.59 bits per heavy atom. The zero-order chi connectivity index (χ0) is 20.3. The van der Waals surface area contributed by atoms with Crippen LogP contribution in [0.4, 0.5) is 0 Å². The Morgan fingerprint density at radius 3 is 2.34 bits per heavy atom. The van der Waals surface area contributed by atoms with Crippen molar-refractivity contribution in [2.24, 2.45) is 0 Å². The van der Waals surface area contributed by atoms with Gasteiger partial charge in [-0.2, -0.15) is 0 Å². The Hall–Kier alpha value is -2.03. The number of benzene rings is 2. The molecule has 1 amide bonds. The van der Waals surface area contributed by atoms with Gasteiger partial charge in [0.2, 0.25) is 12.7 Å². The first-order chi connectivity index (χ1) is 14.8. The molecule has 0 spiro atoms. The van der Waals surface area contributed by atoms with Crippen molar-refractivity contribution in [2.45, 2.75) is 12.2 Å². The van der Waals surface area contributed by atoms with Gasteiger partial charge in [0.1, 0.15) is 0 Å². The Bertz CT molecular complexity index is 896. The summed E-state index contributed by atoms with van der Waals surface area (Å²) >= 11 is 0. The number of halogens is 2. The highest BCUT2D eigenvalue weighted by molar-refractivity contribution is 5.85. The number of nitrogens with zero attached hydrogens (tertiary/aromatic N) is 2. The molecule has 0 saturated carbocycles. The van der Waals surface area contributed by atoms with Crippen molar-refractivity contribution >= 4 is 30.7 Å². The van der Waals surface area contributed by atoms with E-state index in [1.165, 1.54) is 0 Å². The number of morpholine rings is 1. The van der Waals surface area contributed by atoms with Crippen molar-refractivity contribution in [1.29, 1.82) is 0 Å². The molecule has 1 N–H and O–H groups in total. The number of piperazine rings is 1. The smallest absolute Gasteiger partial charge is 0.236 e. The summed E-state index contributed by atoms with van der Waals surface area (Å²) < 4.78 is 17.5. The summed E-state index contributed by atoms with van der Waals surface area (Å²) in [5.74, 6) is 1.70. The second-order valence-corrected chi connectivity index (χ2v) is 7.96. The van der Waals surface area contributed by atoms with E-state index < -0.39 is 0 Å². The van der Waals surface area contributed by atoms with Crippen LogP contribution in [-0.4, -0.2) is 68.3 Å². The van der Waals surface area contributed by atoms with Gasteiger partial charge >= 0.3 is 0 Å². The molecule has 2 aromatic rings. The Kier molecular flexibility index (Phi) is 8.62. The van der Waals surface area contributed by atoms with Crippen LogP contribution >= 0.6 is 24.8 Å². The quantitative estimate of drug-likeness (QED) is 0.724. The number of amides is 1. The summed E-state index contributed by atoms with van der Waals surface area (Å²) in [6, 6.07) is 16.2. The normalized spacial score (nSPS) is 22.6. The molecular formula is C23H29Cl2N3O4. The van der Waals surface area contributed by atoms with E-state index in [0.717, 1.165) is 48.8 Å². The van der Waals surface area contributed by atoms with Gasteiger partial charge in [-0.15, -0.1) is 24.8 Å². The maximum absolute atomic E-state index is 12.9. The number of rotatable bonds is 4. The van der Waals surface area contributed by atoms with E-state index >= 15 is 0 Å². The Balaban J connectivity index is 0.00000144. The molecular weight excluding hydrogens is 453 g/mol. The molecule has 174 valence electrons. The van der Waals surface area contributed by atoms with Crippen molar-refractivity contribution < 1.29 is 19.0 Å². The molecule has 7 nitrogen and oxygen atoms in total. The largest absolute Gasteiger partial charge is 0.454 e. The van der Waals surface area contributed by atoms with E-state index in [4.69, 9.17) is 14.2 Å². The molecule has 3 aliphatic heterocycles. The number of carbonyl (C=O) groups excluding carboxylic acids is 1. The maximum Gasteiger partial charge on any atom is 0.236 e. The van der Waals surface area contributed by atoms with Crippen LogP contribution in [-0.2, 0) is 9.53 Å². The molecule has 0 aliphatic carbocycles. The molecule has 5 rings (SSSR count). The second kappa shape index (κ2) is 11.2. The first-order valence-corrected chi connectivity index (χ1v) is 10.6. The minimum Gasteiger partial charge on any atom is -0.454 e. The first-order valence-electron chi connectivity index (χ1n) is 10.6. The third kappa shape index (κ3) is 5.47. The standard InChI is InChI=1S/C23H27N3O4.2ClH/c27-23(26-10-8-24-9-11-26)15-25-13-21(17-4-2-1-3-5-17)30-22(14-25)18-6-7-19-20(12-18)29-16-28-19;;/h1-7,12,21-22,24H,8-11,13-16H2;2*1H/t21-,22+;;/m0../s1. The molecule has 0 unspecified atom stereocenters. The summed E-state index contributed by atoms with van der Waals surface area (Å²) in [5.41, 5.74) is 2.17. The second-order valence-electron chi connectivity index (χ2n) is 7.96. The summed E-state index contributed by atoms with van der Waals surface area (Å²) in [5, 5.41) is 3.30. The van der Waals surface area contributed by atoms with Crippen LogP contribution in [0, 0.1) is 0 Å². The molecule has 3 heterocycles. The average molecular weight is 482 g/mol. The molecule has 2 saturated heterocycles. The minimum atomic E-state index is -0.144. The van der Waals surface area contributed by atoms with E-state index in [2.05, 4.69) is 22.3 Å². The fourth-order valence-corrected chi connectivity index (χ4v) is 4.31. The van der Waals surface area contributed by atoms with E-state index in [0.29, 0.717) is 19.6 Å². The predicted molar refractivity (Wildman–Crippen MR) is 126 cm³/mol. The van der Waals surface area contributed by atoms with Crippen molar-refractivity contribution in [1.82, 2.24) is 15.1 Å². The number of ether oxygens (including phenoxy) is 3. The molecule has 0 bridgehead atoms. The summed E-state index contributed by atoms with van der Waals surface area (Å²) in [4.78, 5) is 17.1. The summed E-state index contributed by atoms with van der Waals surface area (Å²) in [6.07, 6.45) is -0.236. The van der Waals surface area contributed by atoms with Crippen LogP contribution in [0.1, 0.15) is 23.3 Å². The van der Waals surface area contributed by atoms with Crippen LogP contribution in [0.15, 0.2) is 48.5 Å². The number of nitrogens with one attached hydrogen (secondary N) is 1. The van der Waals surface area contributed by atoms with Gasteiger partial charge in [-0.25, -0.2) is 0 Å². The van der Waals surface area contributed by atoms with Gasteiger partial charge in [0.05, 0.1) is 18.8 Å². The lowest BCUT2D eigenvalue weighted by molar-refractivity contribution is -0.138. The molecule has 3 aliphatic rings. The van der Waals surface area contributed by atoms with Gasteiger partial charge in [0.15, 0.2) is 11.5 Å². The van der Waals surface area contributed by atoms with Crippen molar-refractivity contribution in [2.75, 3.05) is 52.6 Å². The molecule has 2 aromatic carbocycles. The van der Waals surface area contributed by atoms with Gasteiger partial charge in [-0.05, 0) is 23.3 Å². The van der Waals surface area contributed by atoms with Gasteiger partial charge in [0.25, 0.3) is 0 Å². The zero-order valence-corrected chi connectivity index (χ0v) is 19.4. The molecule has 9 heteroatoms. The van der Waals surface area contributed by atoms with E-state index in [-0.39, 0.29) is 49.7 Å².